The van der Waals surface area contributed by atoms with Crippen molar-refractivity contribution in [1.82, 2.24) is 20.5 Å². The van der Waals surface area contributed by atoms with Gasteiger partial charge in [0.05, 0.1) is 21.3 Å². The molecule has 5 rings (SSSR count). The quantitative estimate of drug-likeness (QED) is 0.361. The molecule has 33 heavy (non-hydrogen) atoms. The number of nitrogen functional groups attached to an aromatic ring is 1. The van der Waals surface area contributed by atoms with Gasteiger partial charge < -0.3 is 20.7 Å². The molecule has 4 N–H and O–H groups in total. The number of hydrogen-bond donors (Lipinski definition) is 3. The maximum Gasteiger partial charge on any atom is 0.151 e. The number of nitrogens with one attached hydrogen (secondary N) is 2. The average Bonchev–Trinajstić information content (AvgIpc) is 3.29. The van der Waals surface area contributed by atoms with Crippen molar-refractivity contribution < 1.29 is 4.74 Å². The van der Waals surface area contributed by atoms with Crippen LogP contribution in [0.1, 0.15) is 29.7 Å². The summed E-state index contributed by atoms with van der Waals surface area (Å²) in [6.07, 6.45) is 5.46. The average molecular weight is 484 g/mol. The van der Waals surface area contributed by atoms with Crippen molar-refractivity contribution in [2.75, 3.05) is 30.3 Å². The molecule has 0 bridgehead atoms. The molecule has 0 atom stereocenters. The highest BCUT2D eigenvalue weighted by Gasteiger charge is 2.45. The molecule has 2 saturated heterocycles. The fourth-order valence-electron chi connectivity index (χ4n) is 4.32. The van der Waals surface area contributed by atoms with Crippen LogP contribution in [0.15, 0.2) is 42.7 Å². The van der Waals surface area contributed by atoms with Crippen molar-refractivity contribution in [3.8, 4) is 5.75 Å². The smallest absolute Gasteiger partial charge is 0.151 e. The summed E-state index contributed by atoms with van der Waals surface area (Å²) >= 11 is 12.3. The third-order valence-corrected chi connectivity index (χ3v) is 6.83. The Morgan fingerprint density at radius 1 is 1.15 bits per heavy atom. The van der Waals surface area contributed by atoms with Crippen LogP contribution in [0.25, 0.3) is 0 Å². The van der Waals surface area contributed by atoms with E-state index in [1.807, 2.05) is 6.07 Å². The van der Waals surface area contributed by atoms with Gasteiger partial charge in [0.2, 0.25) is 0 Å². The third kappa shape index (κ3) is 4.34. The minimum absolute atomic E-state index is 0.164. The summed E-state index contributed by atoms with van der Waals surface area (Å²) in [4.78, 5) is 6.15. The lowest BCUT2D eigenvalue weighted by Crippen LogP contribution is -2.67. The first-order chi connectivity index (χ1) is 15.9. The predicted octanol–water partition coefficient (Wildman–Crippen LogP) is 3.70. The SMILES string of the molecule is N=C(c1ccc(N2CC3(CCCN3)C2)nn1)c1cc(OCc2c(Cl)cncc2Cl)ccc1N. The minimum Gasteiger partial charge on any atom is -0.489 e. The first-order valence-electron chi connectivity index (χ1n) is 10.7. The number of halogens is 2. The summed E-state index contributed by atoms with van der Waals surface area (Å²) in [5.41, 5.74) is 8.62. The zero-order valence-corrected chi connectivity index (χ0v) is 19.3. The molecule has 0 unspecified atom stereocenters. The lowest BCUT2D eigenvalue weighted by molar-refractivity contribution is 0.292. The molecule has 2 aliphatic rings. The van der Waals surface area contributed by atoms with Gasteiger partial charge in [0, 0.05) is 42.3 Å². The van der Waals surface area contributed by atoms with Crippen LogP contribution in [0.3, 0.4) is 0 Å². The molecule has 2 aromatic heterocycles. The highest BCUT2D eigenvalue weighted by Crippen LogP contribution is 2.33. The van der Waals surface area contributed by atoms with Gasteiger partial charge in [-0.3, -0.25) is 10.4 Å². The molecule has 0 saturated carbocycles. The van der Waals surface area contributed by atoms with E-state index in [1.165, 1.54) is 25.2 Å². The Bertz CT molecular complexity index is 1170. The third-order valence-electron chi connectivity index (χ3n) is 6.18. The van der Waals surface area contributed by atoms with Crippen LogP contribution in [0, 0.1) is 5.41 Å². The zero-order valence-electron chi connectivity index (χ0n) is 17.8. The van der Waals surface area contributed by atoms with Gasteiger partial charge in [-0.1, -0.05) is 23.2 Å². The fraction of sp³-hybridized carbons (Fsp3) is 0.304. The molecule has 1 aromatic carbocycles. The predicted molar refractivity (Wildman–Crippen MR) is 130 cm³/mol. The Hall–Kier alpha value is -2.94. The number of aromatic nitrogens is 3. The molecule has 2 aliphatic heterocycles. The highest BCUT2D eigenvalue weighted by molar-refractivity contribution is 6.35. The maximum absolute atomic E-state index is 8.63. The van der Waals surface area contributed by atoms with Crippen molar-refractivity contribution >= 4 is 40.4 Å². The summed E-state index contributed by atoms with van der Waals surface area (Å²) < 4.78 is 5.86. The lowest BCUT2D eigenvalue weighted by Gasteiger charge is -2.48. The van der Waals surface area contributed by atoms with E-state index < -0.39 is 0 Å². The van der Waals surface area contributed by atoms with Crippen molar-refractivity contribution in [2.45, 2.75) is 25.0 Å². The van der Waals surface area contributed by atoms with E-state index in [1.54, 1.807) is 24.3 Å². The van der Waals surface area contributed by atoms with Crippen molar-refractivity contribution in [3.63, 3.8) is 0 Å². The molecular weight excluding hydrogens is 461 g/mol. The Morgan fingerprint density at radius 3 is 2.61 bits per heavy atom. The normalized spacial score (nSPS) is 16.6. The summed E-state index contributed by atoms with van der Waals surface area (Å²) in [6.45, 7) is 3.13. The van der Waals surface area contributed by atoms with Crippen molar-refractivity contribution in [1.29, 1.82) is 5.41 Å². The summed E-state index contributed by atoms with van der Waals surface area (Å²) in [7, 11) is 0. The molecule has 0 amide bonds. The first-order valence-corrected chi connectivity index (χ1v) is 11.4. The molecule has 3 aromatic rings. The Balaban J connectivity index is 1.28. The molecule has 10 heteroatoms. The van der Waals surface area contributed by atoms with Crippen LogP contribution in [0.5, 0.6) is 5.75 Å². The number of nitrogens with zero attached hydrogens (tertiary/aromatic N) is 4. The minimum atomic E-state index is 0.164. The number of rotatable bonds is 6. The largest absolute Gasteiger partial charge is 0.489 e. The monoisotopic (exact) mass is 483 g/mol. The van der Waals surface area contributed by atoms with Crippen LogP contribution < -0.4 is 20.7 Å². The van der Waals surface area contributed by atoms with E-state index in [9.17, 15) is 0 Å². The Labute approximate surface area is 201 Å². The van der Waals surface area contributed by atoms with Crippen molar-refractivity contribution in [2.24, 2.45) is 0 Å². The number of nitrogens with two attached hydrogens (primary N) is 1. The first kappa shape index (κ1) is 21.9. The van der Waals surface area contributed by atoms with Gasteiger partial charge in [-0.25, -0.2) is 0 Å². The number of ether oxygens (including phenoxy) is 1. The summed E-state index contributed by atoms with van der Waals surface area (Å²) in [6, 6.07) is 8.86. The van der Waals surface area contributed by atoms with Gasteiger partial charge in [-0.05, 0) is 49.7 Å². The number of pyridine rings is 1. The Morgan fingerprint density at radius 2 is 1.94 bits per heavy atom. The van der Waals surface area contributed by atoms with Crippen molar-refractivity contribution in [3.05, 3.63) is 69.6 Å². The molecule has 0 aliphatic carbocycles. The van der Waals surface area contributed by atoms with E-state index in [2.05, 4.69) is 25.4 Å². The lowest BCUT2D eigenvalue weighted by atomic mass is 9.88. The topological polar surface area (TPSA) is 113 Å². The second kappa shape index (κ2) is 8.78. The number of benzene rings is 1. The van der Waals surface area contributed by atoms with Crippen LogP contribution in [0.4, 0.5) is 11.5 Å². The van der Waals surface area contributed by atoms with Gasteiger partial charge in [0.15, 0.2) is 5.82 Å². The van der Waals surface area contributed by atoms with Crippen LogP contribution >= 0.6 is 23.2 Å². The van der Waals surface area contributed by atoms with Gasteiger partial charge in [-0.2, -0.15) is 0 Å². The molecule has 0 radical (unpaired) electrons. The molecule has 2 fully saturated rings. The second-order valence-electron chi connectivity index (χ2n) is 8.44. The van der Waals surface area contributed by atoms with Crippen LogP contribution in [0.2, 0.25) is 10.0 Å². The molecule has 8 nitrogen and oxygen atoms in total. The van der Waals surface area contributed by atoms with Crippen LogP contribution in [-0.2, 0) is 6.61 Å². The van der Waals surface area contributed by atoms with E-state index in [-0.39, 0.29) is 17.9 Å². The van der Waals surface area contributed by atoms with Gasteiger partial charge in [0.25, 0.3) is 0 Å². The fourth-order valence-corrected chi connectivity index (χ4v) is 4.80. The zero-order chi connectivity index (χ0) is 23.0. The molecular formula is C23H23Cl2N7O. The van der Waals surface area contributed by atoms with E-state index >= 15 is 0 Å². The van der Waals surface area contributed by atoms with Crippen LogP contribution in [-0.4, -0.2) is 46.1 Å². The maximum atomic E-state index is 8.63. The summed E-state index contributed by atoms with van der Waals surface area (Å²) in [5.74, 6) is 1.36. The van der Waals surface area contributed by atoms with E-state index in [4.69, 9.17) is 39.1 Å². The molecule has 4 heterocycles. The molecule has 1 spiro atoms. The molecule has 170 valence electrons. The van der Waals surface area contributed by atoms with Gasteiger partial charge >= 0.3 is 0 Å². The van der Waals surface area contributed by atoms with E-state index in [0.29, 0.717) is 38.3 Å². The Kier molecular flexibility index (Phi) is 5.82. The van der Waals surface area contributed by atoms with E-state index in [0.717, 1.165) is 25.5 Å². The number of hydrogen-bond acceptors (Lipinski definition) is 8. The number of anilines is 2. The standard InChI is InChI=1S/C23H23Cl2N7O/c24-17-9-28-10-18(25)16(17)11-33-14-2-3-19(26)15(8-14)22(27)20-4-5-21(31-30-20)32-12-23(13-32)6-1-7-29-23/h2-5,8-10,27,29H,1,6-7,11-13,26H2. The highest BCUT2D eigenvalue weighted by atomic mass is 35.5. The summed E-state index contributed by atoms with van der Waals surface area (Å²) in [5, 5.41) is 21.7. The second-order valence-corrected chi connectivity index (χ2v) is 9.25. The van der Waals surface area contributed by atoms with Gasteiger partial charge in [-0.15, -0.1) is 10.2 Å². The van der Waals surface area contributed by atoms with Gasteiger partial charge in [0.1, 0.15) is 18.1 Å².